The second-order valence-corrected chi connectivity index (χ2v) is 6.25. The van der Waals surface area contributed by atoms with Gasteiger partial charge >= 0.3 is 34.8 Å². The van der Waals surface area contributed by atoms with E-state index in [9.17, 15) is 0 Å². The molecule has 6 nitrogen and oxygen atoms in total. The third-order valence-electron chi connectivity index (χ3n) is 3.18. The molecule has 1 unspecified atom stereocenters. The van der Waals surface area contributed by atoms with Gasteiger partial charge in [0.25, 0.3) is 0 Å². The van der Waals surface area contributed by atoms with Gasteiger partial charge in [-0.05, 0) is 13.3 Å². The number of hydrogen-bond acceptors (Lipinski definition) is 5. The van der Waals surface area contributed by atoms with Crippen molar-refractivity contribution in [3.8, 4) is 0 Å². The second kappa shape index (κ2) is 5.71. The standard InChI is InChI=1S/C11H20NO.ClH3O4/c1-9-8-11(2,3)12-7-5-4-6-10(12)13-9;2-1(3,4)5/h9H,4-8H2,1-3H3;2-4H/q+1;. The van der Waals surface area contributed by atoms with E-state index in [0.29, 0.717) is 11.6 Å². The van der Waals surface area contributed by atoms with Gasteiger partial charge in [-0.1, -0.05) is 0 Å². The van der Waals surface area contributed by atoms with Crippen LogP contribution in [0.25, 0.3) is 0 Å². The zero-order valence-corrected chi connectivity index (χ0v) is 11.9. The van der Waals surface area contributed by atoms with Crippen LogP contribution >= 0.6 is 0 Å². The van der Waals surface area contributed by atoms with E-state index in [-0.39, 0.29) is 0 Å². The Labute approximate surface area is 109 Å². The average molecular weight is 285 g/mol. The Kier molecular flexibility index (Phi) is 4.97. The van der Waals surface area contributed by atoms with Gasteiger partial charge in [0.15, 0.2) is 5.54 Å². The second-order valence-electron chi connectivity index (χ2n) is 5.38. The molecular formula is C11H23ClNO5+. The van der Waals surface area contributed by atoms with Gasteiger partial charge in [0.2, 0.25) is 0 Å². The number of halogens is 1. The summed E-state index contributed by atoms with van der Waals surface area (Å²) in [5.41, 5.74) is 0.313. The summed E-state index contributed by atoms with van der Waals surface area (Å²) >= 11 is 0. The Hall–Kier alpha value is -0.400. The van der Waals surface area contributed by atoms with Crippen LogP contribution in [-0.2, 0) is 4.74 Å². The van der Waals surface area contributed by atoms with Crippen LogP contribution in [0.1, 0.15) is 46.5 Å². The fourth-order valence-electron chi connectivity index (χ4n) is 2.66. The van der Waals surface area contributed by atoms with Crippen molar-refractivity contribution >= 4 is 5.90 Å². The quantitative estimate of drug-likeness (QED) is 0.512. The number of hydrogen-bond donors (Lipinski definition) is 3. The predicted molar refractivity (Wildman–Crippen MR) is 59.9 cm³/mol. The summed E-state index contributed by atoms with van der Waals surface area (Å²) in [4.78, 5) is 0. The molecule has 2 heterocycles. The molecule has 2 rings (SSSR count). The van der Waals surface area contributed by atoms with Crippen molar-refractivity contribution in [3.63, 3.8) is 0 Å². The van der Waals surface area contributed by atoms with Gasteiger partial charge in [-0.2, -0.15) is 4.58 Å². The van der Waals surface area contributed by atoms with E-state index in [2.05, 4.69) is 25.3 Å². The van der Waals surface area contributed by atoms with E-state index in [0.717, 1.165) is 12.8 Å². The Bertz CT molecular complexity index is 318. The molecule has 0 spiro atoms. The van der Waals surface area contributed by atoms with Crippen LogP contribution in [0.4, 0.5) is 0 Å². The van der Waals surface area contributed by atoms with Gasteiger partial charge in [-0.15, -0.1) is 0 Å². The summed E-state index contributed by atoms with van der Waals surface area (Å²) in [7, 11) is -4.19. The molecule has 108 valence electrons. The van der Waals surface area contributed by atoms with Gasteiger partial charge in [-0.25, -0.2) is 0 Å². The van der Waals surface area contributed by atoms with Gasteiger partial charge < -0.3 is 4.74 Å². The zero-order chi connectivity index (χ0) is 14.0. The molecule has 2 aliphatic rings. The van der Waals surface area contributed by atoms with E-state index in [4.69, 9.17) is 23.4 Å². The Morgan fingerprint density at radius 2 is 1.89 bits per heavy atom. The fraction of sp³-hybridized carbons (Fsp3) is 0.909. The first kappa shape index (κ1) is 15.7. The summed E-state index contributed by atoms with van der Waals surface area (Å²) < 4.78 is 38.6. The number of nitrogens with zero attached hydrogens (tertiary/aromatic N) is 1. The molecule has 0 aliphatic carbocycles. The van der Waals surface area contributed by atoms with Crippen molar-refractivity contribution in [2.75, 3.05) is 6.54 Å². The first-order valence-electron chi connectivity index (χ1n) is 6.06. The van der Waals surface area contributed by atoms with Gasteiger partial charge in [0.1, 0.15) is 12.6 Å². The van der Waals surface area contributed by atoms with Crippen molar-refractivity contribution in [1.82, 2.24) is 0 Å². The SMILES string of the molecule is CC1CC(C)(C)[N+]2=C(CCCC2)O1.[O-][Cl+](O)(O)O. The van der Waals surface area contributed by atoms with E-state index in [1.54, 1.807) is 0 Å². The first-order valence-corrected chi connectivity index (χ1v) is 7.38. The van der Waals surface area contributed by atoms with Crippen LogP contribution in [0.15, 0.2) is 0 Å². The molecule has 0 radical (unpaired) electrons. The summed E-state index contributed by atoms with van der Waals surface area (Å²) in [6.07, 6.45) is 5.32. The molecule has 7 heteroatoms. The number of ether oxygens (including phenoxy) is 1. The molecule has 2 aliphatic heterocycles. The maximum absolute atomic E-state index is 8.83. The molecular weight excluding hydrogens is 262 g/mol. The van der Waals surface area contributed by atoms with Crippen LogP contribution < -0.4 is 4.66 Å². The molecule has 0 saturated carbocycles. The third kappa shape index (κ3) is 5.07. The Morgan fingerprint density at radius 1 is 1.33 bits per heavy atom. The van der Waals surface area contributed by atoms with Crippen molar-refractivity contribution in [1.29, 1.82) is 0 Å². The van der Waals surface area contributed by atoms with E-state index in [1.807, 2.05) is 0 Å². The summed E-state index contributed by atoms with van der Waals surface area (Å²) in [5.74, 6) is 1.25. The van der Waals surface area contributed by atoms with Crippen LogP contribution in [0.2, 0.25) is 0 Å². The number of rotatable bonds is 0. The zero-order valence-electron chi connectivity index (χ0n) is 11.1. The molecule has 0 aromatic rings. The van der Waals surface area contributed by atoms with E-state index < -0.39 is 10.2 Å². The summed E-state index contributed by atoms with van der Waals surface area (Å²) in [6, 6.07) is 0. The van der Waals surface area contributed by atoms with Crippen LogP contribution in [0, 0.1) is 10.2 Å². The first-order chi connectivity index (χ1) is 8.09. The average Bonchev–Trinajstić information content (AvgIpc) is 2.13. The summed E-state index contributed by atoms with van der Waals surface area (Å²) in [5, 5.41) is 0. The molecule has 0 fully saturated rings. The third-order valence-corrected chi connectivity index (χ3v) is 3.18. The molecule has 0 amide bonds. The van der Waals surface area contributed by atoms with Gasteiger partial charge in [0.05, 0.1) is 6.42 Å². The topological polar surface area (TPSA) is 96.0 Å². The molecule has 0 aromatic heterocycles. The summed E-state index contributed by atoms with van der Waals surface area (Å²) in [6.45, 7) is 8.03. The molecule has 18 heavy (non-hydrogen) atoms. The van der Waals surface area contributed by atoms with E-state index in [1.165, 1.54) is 25.3 Å². The van der Waals surface area contributed by atoms with Crippen molar-refractivity contribution in [3.05, 3.63) is 0 Å². The fourth-order valence-corrected chi connectivity index (χ4v) is 2.66. The Balaban J connectivity index is 0.000000280. The minimum absolute atomic E-state index is 0.313. The predicted octanol–water partition coefficient (Wildman–Crippen LogP) is -0.691. The van der Waals surface area contributed by atoms with Crippen molar-refractivity contribution < 1.29 is 38.2 Å². The van der Waals surface area contributed by atoms with Crippen molar-refractivity contribution in [2.24, 2.45) is 0 Å². The van der Waals surface area contributed by atoms with Crippen LogP contribution in [-0.4, -0.2) is 42.6 Å². The minimum atomic E-state index is -4.19. The molecule has 0 aromatic carbocycles. The molecule has 0 bridgehead atoms. The van der Waals surface area contributed by atoms with Crippen molar-refractivity contribution in [2.45, 2.75) is 58.1 Å². The van der Waals surface area contributed by atoms with Crippen LogP contribution in [0.5, 0.6) is 0 Å². The molecule has 1 atom stereocenters. The molecule has 0 saturated heterocycles. The van der Waals surface area contributed by atoms with E-state index >= 15 is 0 Å². The normalized spacial score (nSPS) is 27.6. The van der Waals surface area contributed by atoms with Crippen LogP contribution in [0.3, 0.4) is 0 Å². The maximum atomic E-state index is 8.83. The van der Waals surface area contributed by atoms with Gasteiger partial charge in [-0.3, -0.25) is 0 Å². The van der Waals surface area contributed by atoms with Gasteiger partial charge in [0, 0.05) is 26.7 Å². The Morgan fingerprint density at radius 3 is 2.44 bits per heavy atom. The molecule has 3 N–H and O–H groups in total. The monoisotopic (exact) mass is 284 g/mol.